The third-order valence-electron chi connectivity index (χ3n) is 3.94. The summed E-state index contributed by atoms with van der Waals surface area (Å²) in [4.78, 5) is 2.66. The maximum absolute atomic E-state index is 3.52. The lowest BCUT2D eigenvalue weighted by atomic mass is 9.99. The van der Waals surface area contributed by atoms with Crippen LogP contribution >= 0.6 is 0 Å². The lowest BCUT2D eigenvalue weighted by Gasteiger charge is -2.29. The summed E-state index contributed by atoms with van der Waals surface area (Å²) in [7, 11) is 0. The van der Waals surface area contributed by atoms with E-state index in [4.69, 9.17) is 0 Å². The van der Waals surface area contributed by atoms with Crippen LogP contribution in [-0.2, 0) is 0 Å². The molecule has 0 saturated carbocycles. The van der Waals surface area contributed by atoms with E-state index in [1.54, 1.807) is 0 Å². The van der Waals surface area contributed by atoms with Crippen LogP contribution in [0.1, 0.15) is 58.8 Å². The van der Waals surface area contributed by atoms with Crippen LogP contribution in [0.5, 0.6) is 0 Å². The summed E-state index contributed by atoms with van der Waals surface area (Å²) in [6.07, 6.45) is 9.82. The van der Waals surface area contributed by atoms with Gasteiger partial charge in [-0.25, -0.2) is 0 Å². The second kappa shape index (κ2) is 9.90. The van der Waals surface area contributed by atoms with Crippen molar-refractivity contribution in [3.8, 4) is 0 Å². The molecule has 102 valence electrons. The molecule has 1 unspecified atom stereocenters. The van der Waals surface area contributed by atoms with Crippen molar-refractivity contribution in [2.45, 2.75) is 58.8 Å². The van der Waals surface area contributed by atoms with Crippen LogP contribution in [0.25, 0.3) is 0 Å². The molecule has 1 rings (SSSR count). The van der Waals surface area contributed by atoms with E-state index in [0.29, 0.717) is 0 Å². The second-order valence-corrected chi connectivity index (χ2v) is 5.52. The van der Waals surface area contributed by atoms with Crippen LogP contribution in [0.3, 0.4) is 0 Å². The molecule has 0 spiro atoms. The molecule has 1 N–H and O–H groups in total. The summed E-state index contributed by atoms with van der Waals surface area (Å²) in [6.45, 7) is 10.9. The SMILES string of the molecule is CCCCCCCN(CC)CC1CCCNC1. The monoisotopic (exact) mass is 240 g/mol. The fourth-order valence-electron chi connectivity index (χ4n) is 2.76. The predicted molar refractivity (Wildman–Crippen MR) is 76.5 cm³/mol. The van der Waals surface area contributed by atoms with Gasteiger partial charge in [0.05, 0.1) is 0 Å². The van der Waals surface area contributed by atoms with Crippen LogP contribution < -0.4 is 5.32 Å². The highest BCUT2D eigenvalue weighted by Gasteiger charge is 2.15. The van der Waals surface area contributed by atoms with Gasteiger partial charge in [-0.15, -0.1) is 0 Å². The Bertz CT molecular complexity index is 164. The van der Waals surface area contributed by atoms with E-state index in [2.05, 4.69) is 24.1 Å². The molecule has 2 heteroatoms. The second-order valence-electron chi connectivity index (χ2n) is 5.52. The van der Waals surface area contributed by atoms with Crippen LogP contribution in [0.15, 0.2) is 0 Å². The Labute approximate surface area is 108 Å². The molecule has 1 heterocycles. The molecule has 0 aromatic rings. The number of nitrogens with zero attached hydrogens (tertiary/aromatic N) is 1. The van der Waals surface area contributed by atoms with Crippen molar-refractivity contribution in [1.29, 1.82) is 0 Å². The van der Waals surface area contributed by atoms with Crippen LogP contribution in [0.4, 0.5) is 0 Å². The smallest absolute Gasteiger partial charge is 0.00217 e. The van der Waals surface area contributed by atoms with Crippen molar-refractivity contribution >= 4 is 0 Å². The minimum Gasteiger partial charge on any atom is -0.316 e. The minimum atomic E-state index is 0.902. The number of piperidine rings is 1. The normalized spacial score (nSPS) is 21.0. The highest BCUT2D eigenvalue weighted by atomic mass is 15.1. The largest absolute Gasteiger partial charge is 0.316 e. The third kappa shape index (κ3) is 7.05. The molecule has 0 bridgehead atoms. The molecule has 0 radical (unpaired) electrons. The van der Waals surface area contributed by atoms with Crippen LogP contribution in [0.2, 0.25) is 0 Å². The van der Waals surface area contributed by atoms with Gasteiger partial charge in [-0.05, 0) is 51.4 Å². The Morgan fingerprint density at radius 2 is 1.94 bits per heavy atom. The lowest BCUT2D eigenvalue weighted by Crippen LogP contribution is -2.38. The molecule has 0 aliphatic carbocycles. The van der Waals surface area contributed by atoms with Gasteiger partial charge in [-0.3, -0.25) is 0 Å². The molecule has 0 amide bonds. The third-order valence-corrected chi connectivity index (χ3v) is 3.94. The Morgan fingerprint density at radius 3 is 2.59 bits per heavy atom. The molecule has 17 heavy (non-hydrogen) atoms. The molecule has 0 aromatic carbocycles. The van der Waals surface area contributed by atoms with Crippen molar-refractivity contribution < 1.29 is 0 Å². The van der Waals surface area contributed by atoms with E-state index in [0.717, 1.165) is 5.92 Å². The molecule has 1 atom stereocenters. The van der Waals surface area contributed by atoms with E-state index in [-0.39, 0.29) is 0 Å². The van der Waals surface area contributed by atoms with Crippen LogP contribution in [-0.4, -0.2) is 37.6 Å². The molecule has 0 aromatic heterocycles. The summed E-state index contributed by atoms with van der Waals surface area (Å²) in [5, 5.41) is 3.52. The average Bonchev–Trinajstić information content (AvgIpc) is 2.38. The van der Waals surface area contributed by atoms with Gasteiger partial charge in [0.15, 0.2) is 0 Å². The maximum atomic E-state index is 3.52. The van der Waals surface area contributed by atoms with Gasteiger partial charge in [0.2, 0.25) is 0 Å². The predicted octanol–water partition coefficient (Wildman–Crippen LogP) is 3.28. The fraction of sp³-hybridized carbons (Fsp3) is 1.00. The van der Waals surface area contributed by atoms with Crippen molar-refractivity contribution in [1.82, 2.24) is 10.2 Å². The van der Waals surface area contributed by atoms with Gasteiger partial charge in [-0.2, -0.15) is 0 Å². The molecular weight excluding hydrogens is 208 g/mol. The average molecular weight is 240 g/mol. The molecule has 1 fully saturated rings. The topological polar surface area (TPSA) is 15.3 Å². The van der Waals surface area contributed by atoms with Gasteiger partial charge in [0.25, 0.3) is 0 Å². The standard InChI is InChI=1S/C15H32N2/c1-3-5-6-7-8-12-17(4-2)14-15-10-9-11-16-13-15/h15-16H,3-14H2,1-2H3. The molecular formula is C15H32N2. The van der Waals surface area contributed by atoms with E-state index >= 15 is 0 Å². The maximum Gasteiger partial charge on any atom is 0.00217 e. The molecule has 1 aliphatic heterocycles. The first-order valence-electron chi connectivity index (χ1n) is 7.79. The summed E-state index contributed by atoms with van der Waals surface area (Å²) < 4.78 is 0. The number of nitrogens with one attached hydrogen (secondary N) is 1. The number of rotatable bonds is 9. The summed E-state index contributed by atoms with van der Waals surface area (Å²) >= 11 is 0. The van der Waals surface area contributed by atoms with Gasteiger partial charge < -0.3 is 10.2 Å². The van der Waals surface area contributed by atoms with Gasteiger partial charge >= 0.3 is 0 Å². The zero-order valence-electron chi connectivity index (χ0n) is 12.0. The van der Waals surface area contributed by atoms with Gasteiger partial charge in [0.1, 0.15) is 0 Å². The van der Waals surface area contributed by atoms with Crippen molar-refractivity contribution in [2.75, 3.05) is 32.7 Å². The highest BCUT2D eigenvalue weighted by molar-refractivity contribution is 4.72. The minimum absolute atomic E-state index is 0.902. The Morgan fingerprint density at radius 1 is 1.12 bits per heavy atom. The quantitative estimate of drug-likeness (QED) is 0.622. The first-order chi connectivity index (χ1) is 8.36. The number of hydrogen-bond acceptors (Lipinski definition) is 2. The summed E-state index contributed by atoms with van der Waals surface area (Å²) in [5.41, 5.74) is 0. The van der Waals surface area contributed by atoms with Gasteiger partial charge in [0, 0.05) is 6.54 Å². The fourth-order valence-corrected chi connectivity index (χ4v) is 2.76. The lowest BCUT2D eigenvalue weighted by molar-refractivity contribution is 0.212. The molecule has 1 saturated heterocycles. The zero-order valence-corrected chi connectivity index (χ0v) is 12.0. The zero-order chi connectivity index (χ0) is 12.3. The van der Waals surface area contributed by atoms with Crippen molar-refractivity contribution in [3.63, 3.8) is 0 Å². The van der Waals surface area contributed by atoms with Crippen molar-refractivity contribution in [2.24, 2.45) is 5.92 Å². The highest BCUT2D eigenvalue weighted by Crippen LogP contribution is 2.12. The summed E-state index contributed by atoms with van der Waals surface area (Å²) in [5.74, 6) is 0.902. The Balaban J connectivity index is 2.05. The van der Waals surface area contributed by atoms with Gasteiger partial charge in [-0.1, -0.05) is 39.5 Å². The van der Waals surface area contributed by atoms with E-state index < -0.39 is 0 Å². The number of unbranched alkanes of at least 4 members (excludes halogenated alkanes) is 4. The summed E-state index contributed by atoms with van der Waals surface area (Å²) in [6, 6.07) is 0. The molecule has 2 nitrogen and oxygen atoms in total. The van der Waals surface area contributed by atoms with Crippen molar-refractivity contribution in [3.05, 3.63) is 0 Å². The van der Waals surface area contributed by atoms with Crippen LogP contribution in [0, 0.1) is 5.92 Å². The van der Waals surface area contributed by atoms with E-state index in [9.17, 15) is 0 Å². The molecule has 1 aliphatic rings. The Kier molecular flexibility index (Phi) is 8.72. The first kappa shape index (κ1) is 15.0. The first-order valence-corrected chi connectivity index (χ1v) is 7.79. The van der Waals surface area contributed by atoms with E-state index in [1.807, 2.05) is 0 Å². The Hall–Kier alpha value is -0.0800. The van der Waals surface area contributed by atoms with E-state index in [1.165, 1.54) is 77.7 Å². The number of hydrogen-bond donors (Lipinski definition) is 1.